The van der Waals surface area contributed by atoms with Crippen LogP contribution in [0.5, 0.6) is 0 Å². The quantitative estimate of drug-likeness (QED) is 0.137. The Morgan fingerprint density at radius 1 is 0.139 bits per heavy atom. The number of hydrogen-bond donors (Lipinski definition) is 0. The molecule has 0 saturated heterocycles. The van der Waals surface area contributed by atoms with Crippen LogP contribution in [0.15, 0.2) is 446 Å². The van der Waals surface area contributed by atoms with Gasteiger partial charge in [0.2, 0.25) is 0 Å². The molecule has 0 aliphatic heterocycles. The van der Waals surface area contributed by atoms with Gasteiger partial charge in [0.15, 0.2) is 0 Å². The van der Waals surface area contributed by atoms with E-state index < -0.39 is 0 Å². The molecule has 0 spiro atoms. The molecule has 0 N–H and O–H groups in total. The monoisotopic (exact) mass is 1550 g/mol. The van der Waals surface area contributed by atoms with E-state index in [1.807, 2.05) is 18.2 Å². The van der Waals surface area contributed by atoms with Crippen molar-refractivity contribution < 1.29 is 8.83 Å². The summed E-state index contributed by atoms with van der Waals surface area (Å²) in [5.74, 6) is 0. The van der Waals surface area contributed by atoms with Crippen molar-refractivity contribution in [1.29, 1.82) is 0 Å². The van der Waals surface area contributed by atoms with Gasteiger partial charge in [0, 0.05) is 87.4 Å². The van der Waals surface area contributed by atoms with Crippen LogP contribution in [0.3, 0.4) is 0 Å². The average molecular weight is 1550 g/mol. The summed E-state index contributed by atoms with van der Waals surface area (Å²) in [5, 5.41) is 19.4. The molecule has 0 radical (unpaired) electrons. The van der Waals surface area contributed by atoms with Crippen LogP contribution in [0.2, 0.25) is 0 Å². The van der Waals surface area contributed by atoms with Gasteiger partial charge in [-0.15, -0.1) is 0 Å². The van der Waals surface area contributed by atoms with Crippen molar-refractivity contribution in [2.75, 3.05) is 0 Å². The first-order chi connectivity index (χ1) is 60.4. The van der Waals surface area contributed by atoms with Gasteiger partial charge in [-0.25, -0.2) is 0 Å². The van der Waals surface area contributed by atoms with E-state index in [0.717, 1.165) is 66.6 Å². The zero-order chi connectivity index (χ0) is 80.0. The third-order valence-electron chi connectivity index (χ3n) is 25.4. The molecule has 568 valence electrons. The molecule has 122 heavy (non-hydrogen) atoms. The van der Waals surface area contributed by atoms with Gasteiger partial charge < -0.3 is 27.1 Å². The molecule has 6 aromatic heterocycles. The summed E-state index contributed by atoms with van der Waals surface area (Å²) in [4.78, 5) is 0. The molecule has 0 fully saturated rings. The standard InChI is InChI=1S/2C58H36N2O/c1-2-13-44(14-3-1)59-54-31-26-42(35-50(54)51-36-43(27-32-55(51)59)46-17-10-20-57-58(46)48-16-7-9-19-56(48)61-57)41-25-30-53-49(34-41)47-15-6-8-18-52(47)60(53)45-28-23-38(24-29-45)40-22-21-37-11-4-5-12-39(37)33-40;1-2-12-45(13-3-1)59-55-29-23-42(34-50(55)51-35-43(24-30-56(51)59)44-25-31-58-52(36-44)48-15-7-9-17-57(48)61-58)41-22-28-54-49(33-41)47-14-6-8-16-53(47)60(54)46-26-20-38(21-27-46)40-19-18-37-10-4-5-11-39(37)32-40/h2*1-36H. The SMILES string of the molecule is c1ccc(-n2c3ccc(-c4ccc5c(c4)c4ccccc4n5-c4ccc(-c5ccc6ccccc6c5)cc4)cc3c3cc(-c4cccc5oc6ccccc6c45)ccc32)cc1.c1ccc(-n2c3ccc(-c4ccc5oc6ccccc6c5c4)cc3c3cc(-c4ccc5c(c4)c4ccccc4n5-c4ccc(-c5ccc6ccccc6c5)cc4)ccc32)cc1. The van der Waals surface area contributed by atoms with Crippen molar-refractivity contribution >= 4 is 153 Å². The maximum atomic E-state index is 6.31. The molecule has 6 nitrogen and oxygen atoms in total. The lowest BCUT2D eigenvalue weighted by Crippen LogP contribution is -1.94. The molecule has 0 saturated carbocycles. The number of furan rings is 2. The van der Waals surface area contributed by atoms with Gasteiger partial charge in [0.05, 0.1) is 44.1 Å². The van der Waals surface area contributed by atoms with Crippen molar-refractivity contribution in [2.24, 2.45) is 0 Å². The summed E-state index contributed by atoms with van der Waals surface area (Å²) >= 11 is 0. The Labute approximate surface area is 701 Å². The normalized spacial score (nSPS) is 11.9. The molecular weight excluding hydrogens is 1480 g/mol. The summed E-state index contributed by atoms with van der Waals surface area (Å²) in [6.07, 6.45) is 0. The molecule has 0 aliphatic carbocycles. The first-order valence-electron chi connectivity index (χ1n) is 41.8. The van der Waals surface area contributed by atoms with Crippen LogP contribution < -0.4 is 0 Å². The number of nitrogens with zero attached hydrogens (tertiary/aromatic N) is 4. The second-order valence-corrected chi connectivity index (χ2v) is 32.2. The van der Waals surface area contributed by atoms with E-state index in [4.69, 9.17) is 8.83 Å². The lowest BCUT2D eigenvalue weighted by molar-refractivity contribution is 0.668. The van der Waals surface area contributed by atoms with E-state index in [0.29, 0.717) is 0 Å². The molecule has 26 rings (SSSR count). The van der Waals surface area contributed by atoms with Crippen molar-refractivity contribution in [3.05, 3.63) is 437 Å². The third kappa shape index (κ3) is 11.2. The average Bonchev–Trinajstić information content (AvgIpc) is 1.56. The van der Waals surface area contributed by atoms with Crippen LogP contribution in [-0.2, 0) is 0 Å². The molecule has 0 atom stereocenters. The number of hydrogen-bond acceptors (Lipinski definition) is 2. The topological polar surface area (TPSA) is 46.0 Å². The summed E-state index contributed by atoms with van der Waals surface area (Å²) in [6, 6.07) is 159. The van der Waals surface area contributed by atoms with Gasteiger partial charge in [-0.3, -0.25) is 0 Å². The summed E-state index contributed by atoms with van der Waals surface area (Å²) in [5.41, 5.74) is 32.0. The second-order valence-electron chi connectivity index (χ2n) is 32.2. The Morgan fingerprint density at radius 3 is 0.869 bits per heavy atom. The van der Waals surface area contributed by atoms with Crippen LogP contribution in [0, 0.1) is 0 Å². The Kier molecular flexibility index (Phi) is 15.6. The molecular formula is C116H72N4O2. The van der Waals surface area contributed by atoms with Gasteiger partial charge in [-0.1, -0.05) is 261 Å². The zero-order valence-corrected chi connectivity index (χ0v) is 66.2. The van der Waals surface area contributed by atoms with E-state index in [2.05, 4.69) is 437 Å². The second kappa shape index (κ2) is 27.7. The molecule has 26 aromatic rings. The van der Waals surface area contributed by atoms with Crippen LogP contribution in [0.25, 0.3) is 242 Å². The number of rotatable bonds is 10. The third-order valence-corrected chi connectivity index (χ3v) is 25.4. The lowest BCUT2D eigenvalue weighted by atomic mass is 9.97. The minimum Gasteiger partial charge on any atom is -0.456 e. The first kappa shape index (κ1) is 68.9. The van der Waals surface area contributed by atoms with Crippen molar-refractivity contribution in [2.45, 2.75) is 0 Å². The maximum Gasteiger partial charge on any atom is 0.136 e. The van der Waals surface area contributed by atoms with Crippen LogP contribution >= 0.6 is 0 Å². The van der Waals surface area contributed by atoms with E-state index in [-0.39, 0.29) is 0 Å². The van der Waals surface area contributed by atoms with Gasteiger partial charge in [0.1, 0.15) is 22.3 Å². The van der Waals surface area contributed by atoms with E-state index in [1.165, 1.54) is 176 Å². The zero-order valence-electron chi connectivity index (χ0n) is 66.2. The molecule has 6 heteroatoms. The lowest BCUT2D eigenvalue weighted by Gasteiger charge is -2.11. The predicted octanol–water partition coefficient (Wildman–Crippen LogP) is 31.9. The van der Waals surface area contributed by atoms with Gasteiger partial charge >= 0.3 is 0 Å². The summed E-state index contributed by atoms with van der Waals surface area (Å²) in [7, 11) is 0. The highest BCUT2D eigenvalue weighted by molar-refractivity contribution is 6.18. The Balaban J connectivity index is 0.000000134. The fourth-order valence-corrected chi connectivity index (χ4v) is 19.6. The van der Waals surface area contributed by atoms with E-state index in [1.54, 1.807) is 0 Å². The highest BCUT2D eigenvalue weighted by Gasteiger charge is 2.23. The molecule has 0 amide bonds. The van der Waals surface area contributed by atoms with Crippen LogP contribution in [-0.4, -0.2) is 18.3 Å². The van der Waals surface area contributed by atoms with E-state index >= 15 is 0 Å². The van der Waals surface area contributed by atoms with Crippen molar-refractivity contribution in [1.82, 2.24) is 18.3 Å². The number of fused-ring (bicyclic) bond motifs is 20. The minimum atomic E-state index is 0.905. The predicted molar refractivity (Wildman–Crippen MR) is 512 cm³/mol. The number of para-hydroxylation sites is 6. The molecule has 6 heterocycles. The Morgan fingerprint density at radius 2 is 0.418 bits per heavy atom. The highest BCUT2D eigenvalue weighted by Crippen LogP contribution is 2.46. The largest absolute Gasteiger partial charge is 0.456 e. The summed E-state index contributed by atoms with van der Waals surface area (Å²) < 4.78 is 22.1. The van der Waals surface area contributed by atoms with Crippen LogP contribution in [0.1, 0.15) is 0 Å². The van der Waals surface area contributed by atoms with Gasteiger partial charge in [-0.2, -0.15) is 0 Å². The molecule has 0 bridgehead atoms. The summed E-state index contributed by atoms with van der Waals surface area (Å²) in [6.45, 7) is 0. The fraction of sp³-hybridized carbons (Fsp3) is 0. The number of benzene rings is 20. The fourth-order valence-electron chi connectivity index (χ4n) is 19.6. The van der Waals surface area contributed by atoms with Crippen molar-refractivity contribution in [3.8, 4) is 89.5 Å². The molecule has 20 aromatic carbocycles. The smallest absolute Gasteiger partial charge is 0.136 e. The Bertz CT molecular complexity index is 8750. The maximum absolute atomic E-state index is 6.31. The number of aromatic nitrogens is 4. The van der Waals surface area contributed by atoms with Crippen LogP contribution in [0.4, 0.5) is 0 Å². The molecule has 0 unspecified atom stereocenters. The highest BCUT2D eigenvalue weighted by atomic mass is 16.3. The van der Waals surface area contributed by atoms with Crippen molar-refractivity contribution in [3.63, 3.8) is 0 Å². The minimum absolute atomic E-state index is 0.905. The first-order valence-corrected chi connectivity index (χ1v) is 41.8. The van der Waals surface area contributed by atoms with Gasteiger partial charge in [-0.05, 0) is 264 Å². The van der Waals surface area contributed by atoms with E-state index in [9.17, 15) is 0 Å². The van der Waals surface area contributed by atoms with Gasteiger partial charge in [0.25, 0.3) is 0 Å². The molecule has 0 aliphatic rings. The Hall–Kier alpha value is -16.3.